The van der Waals surface area contributed by atoms with Crippen LogP contribution in [0.3, 0.4) is 0 Å². The molecule has 0 spiro atoms. The summed E-state index contributed by atoms with van der Waals surface area (Å²) in [6.45, 7) is 11.0. The van der Waals surface area contributed by atoms with E-state index in [2.05, 4.69) is 27.7 Å². The molecular weight excluding hydrogens is 108 g/mol. The Hall–Kier alpha value is 0. The summed E-state index contributed by atoms with van der Waals surface area (Å²) in [5.41, 5.74) is 0.562. The van der Waals surface area contributed by atoms with Crippen molar-refractivity contribution in [3.63, 3.8) is 0 Å². The molecular formula is C9H17. The van der Waals surface area contributed by atoms with Crippen LogP contribution in [0.25, 0.3) is 0 Å². The van der Waals surface area contributed by atoms with E-state index in [1.165, 1.54) is 12.8 Å². The van der Waals surface area contributed by atoms with Crippen molar-refractivity contribution < 1.29 is 0 Å². The molecule has 0 N–H and O–H groups in total. The Labute approximate surface area is 58.7 Å². The van der Waals surface area contributed by atoms with E-state index >= 15 is 0 Å². The van der Waals surface area contributed by atoms with Gasteiger partial charge < -0.3 is 0 Å². The van der Waals surface area contributed by atoms with Crippen LogP contribution in [0, 0.1) is 24.2 Å². The normalized spacial score (nSPS) is 34.7. The van der Waals surface area contributed by atoms with Crippen molar-refractivity contribution in [1.82, 2.24) is 0 Å². The largest absolute Gasteiger partial charge is 0.0649 e. The van der Waals surface area contributed by atoms with E-state index in [1.54, 1.807) is 0 Å². The summed E-state index contributed by atoms with van der Waals surface area (Å²) < 4.78 is 0. The molecule has 0 amide bonds. The van der Waals surface area contributed by atoms with Gasteiger partial charge in [-0.25, -0.2) is 0 Å². The van der Waals surface area contributed by atoms with Crippen LogP contribution in [-0.2, 0) is 0 Å². The Morgan fingerprint density at radius 3 is 2.11 bits per heavy atom. The molecule has 0 aromatic rings. The van der Waals surface area contributed by atoms with Crippen molar-refractivity contribution >= 4 is 0 Å². The van der Waals surface area contributed by atoms with Crippen LogP contribution >= 0.6 is 0 Å². The van der Waals surface area contributed by atoms with E-state index in [0.29, 0.717) is 5.41 Å². The van der Waals surface area contributed by atoms with Crippen molar-refractivity contribution in [3.05, 3.63) is 6.92 Å². The smallest absolute Gasteiger partial charge is 0.0326 e. The van der Waals surface area contributed by atoms with Gasteiger partial charge in [-0.3, -0.25) is 0 Å². The van der Waals surface area contributed by atoms with Gasteiger partial charge >= 0.3 is 0 Å². The molecule has 0 bridgehead atoms. The minimum atomic E-state index is 0.562. The molecule has 1 rings (SSSR count). The standard InChI is InChI=1S/C9H17/c1-5-9(3,4)8-6-7(8)2/h7-8H,2,5-6H2,1,3-4H3. The Kier molecular flexibility index (Phi) is 1.58. The minimum Gasteiger partial charge on any atom is -0.0649 e. The van der Waals surface area contributed by atoms with Crippen LogP contribution in [-0.4, -0.2) is 0 Å². The summed E-state index contributed by atoms with van der Waals surface area (Å²) in [7, 11) is 0. The van der Waals surface area contributed by atoms with E-state index in [9.17, 15) is 0 Å². The Balaban J connectivity index is 2.41. The van der Waals surface area contributed by atoms with Crippen LogP contribution in [0.15, 0.2) is 0 Å². The molecule has 1 radical (unpaired) electrons. The van der Waals surface area contributed by atoms with Crippen molar-refractivity contribution in [2.24, 2.45) is 17.3 Å². The van der Waals surface area contributed by atoms with Gasteiger partial charge in [0.15, 0.2) is 0 Å². The molecule has 1 saturated carbocycles. The second-order valence-corrected chi connectivity index (χ2v) is 3.94. The van der Waals surface area contributed by atoms with Gasteiger partial charge in [-0.15, -0.1) is 0 Å². The lowest BCUT2D eigenvalue weighted by molar-refractivity contribution is 0.287. The number of rotatable bonds is 2. The molecule has 0 heteroatoms. The maximum atomic E-state index is 4.05. The summed E-state index contributed by atoms with van der Waals surface area (Å²) in [5.74, 6) is 1.68. The quantitative estimate of drug-likeness (QED) is 0.532. The second kappa shape index (κ2) is 2.00. The van der Waals surface area contributed by atoms with E-state index in [1.807, 2.05) is 0 Å². The lowest BCUT2D eigenvalue weighted by Gasteiger charge is -2.22. The molecule has 1 aliphatic carbocycles. The molecule has 1 aliphatic rings. The van der Waals surface area contributed by atoms with Gasteiger partial charge in [0.1, 0.15) is 0 Å². The molecule has 1 fully saturated rings. The Morgan fingerprint density at radius 2 is 2.00 bits per heavy atom. The average molecular weight is 125 g/mol. The average Bonchev–Trinajstić information content (AvgIpc) is 2.47. The van der Waals surface area contributed by atoms with Crippen LogP contribution < -0.4 is 0 Å². The summed E-state index contributed by atoms with van der Waals surface area (Å²) >= 11 is 0. The monoisotopic (exact) mass is 125 g/mol. The van der Waals surface area contributed by atoms with Crippen LogP contribution in [0.5, 0.6) is 0 Å². The first kappa shape index (κ1) is 7.11. The maximum absolute atomic E-state index is 4.05. The Bertz CT molecular complexity index is 103. The first-order chi connectivity index (χ1) is 4.08. The van der Waals surface area contributed by atoms with Crippen LogP contribution in [0.1, 0.15) is 33.6 Å². The molecule has 2 atom stereocenters. The SMILES string of the molecule is [CH2]C1CC1C(C)(C)CC. The van der Waals surface area contributed by atoms with E-state index in [0.717, 1.165) is 11.8 Å². The van der Waals surface area contributed by atoms with Crippen molar-refractivity contribution in [3.8, 4) is 0 Å². The third kappa shape index (κ3) is 1.28. The molecule has 0 aliphatic heterocycles. The van der Waals surface area contributed by atoms with Gasteiger partial charge in [0.05, 0.1) is 0 Å². The maximum Gasteiger partial charge on any atom is -0.0326 e. The van der Waals surface area contributed by atoms with Gasteiger partial charge in [0, 0.05) is 0 Å². The fourth-order valence-corrected chi connectivity index (χ4v) is 1.47. The molecule has 0 nitrogen and oxygen atoms in total. The fraction of sp³-hybridized carbons (Fsp3) is 0.889. The Morgan fingerprint density at radius 1 is 1.56 bits per heavy atom. The molecule has 0 saturated heterocycles. The third-order valence-electron chi connectivity index (χ3n) is 2.84. The minimum absolute atomic E-state index is 0.562. The van der Waals surface area contributed by atoms with Crippen LogP contribution in [0.2, 0.25) is 0 Å². The van der Waals surface area contributed by atoms with Gasteiger partial charge in [0.2, 0.25) is 0 Å². The molecule has 53 valence electrons. The van der Waals surface area contributed by atoms with Gasteiger partial charge in [-0.05, 0) is 30.6 Å². The van der Waals surface area contributed by atoms with E-state index in [4.69, 9.17) is 0 Å². The first-order valence-electron chi connectivity index (χ1n) is 3.91. The topological polar surface area (TPSA) is 0 Å². The van der Waals surface area contributed by atoms with Crippen LogP contribution in [0.4, 0.5) is 0 Å². The highest BCUT2D eigenvalue weighted by Gasteiger charge is 2.43. The molecule has 2 unspecified atom stereocenters. The van der Waals surface area contributed by atoms with Crippen molar-refractivity contribution in [2.75, 3.05) is 0 Å². The van der Waals surface area contributed by atoms with E-state index in [-0.39, 0.29) is 0 Å². The zero-order valence-electron chi connectivity index (χ0n) is 6.78. The zero-order chi connectivity index (χ0) is 7.07. The lowest BCUT2D eigenvalue weighted by Crippen LogP contribution is -2.12. The molecule has 0 aromatic carbocycles. The molecule has 0 aromatic heterocycles. The summed E-state index contributed by atoms with van der Waals surface area (Å²) in [5, 5.41) is 0. The zero-order valence-corrected chi connectivity index (χ0v) is 6.78. The van der Waals surface area contributed by atoms with Crippen molar-refractivity contribution in [2.45, 2.75) is 33.6 Å². The summed E-state index contributed by atoms with van der Waals surface area (Å²) in [6.07, 6.45) is 2.66. The highest BCUT2D eigenvalue weighted by atomic mass is 14.5. The highest BCUT2D eigenvalue weighted by Crippen LogP contribution is 2.51. The predicted molar refractivity (Wildman–Crippen MR) is 41.0 cm³/mol. The van der Waals surface area contributed by atoms with Gasteiger partial charge in [0.25, 0.3) is 0 Å². The first-order valence-corrected chi connectivity index (χ1v) is 3.91. The van der Waals surface area contributed by atoms with Gasteiger partial charge in [-0.1, -0.05) is 27.2 Å². The second-order valence-electron chi connectivity index (χ2n) is 3.94. The summed E-state index contributed by atoms with van der Waals surface area (Å²) in [4.78, 5) is 0. The number of hydrogen-bond donors (Lipinski definition) is 0. The summed E-state index contributed by atoms with van der Waals surface area (Å²) in [6, 6.07) is 0. The number of hydrogen-bond acceptors (Lipinski definition) is 0. The van der Waals surface area contributed by atoms with Crippen molar-refractivity contribution in [1.29, 1.82) is 0 Å². The third-order valence-corrected chi connectivity index (χ3v) is 2.84. The molecule has 9 heavy (non-hydrogen) atoms. The predicted octanol–water partition coefficient (Wildman–Crippen LogP) is 2.89. The highest BCUT2D eigenvalue weighted by molar-refractivity contribution is 4.96. The van der Waals surface area contributed by atoms with E-state index < -0.39 is 0 Å². The van der Waals surface area contributed by atoms with Gasteiger partial charge in [-0.2, -0.15) is 0 Å². The fourth-order valence-electron chi connectivity index (χ4n) is 1.47. The lowest BCUT2D eigenvalue weighted by atomic mass is 9.84. The molecule has 0 heterocycles.